The zero-order valence-electron chi connectivity index (χ0n) is 12.5. The summed E-state index contributed by atoms with van der Waals surface area (Å²) >= 11 is 6.16. The van der Waals surface area contributed by atoms with E-state index >= 15 is 0 Å². The van der Waals surface area contributed by atoms with Crippen LogP contribution in [0.5, 0.6) is 11.5 Å². The molecule has 0 amide bonds. The van der Waals surface area contributed by atoms with Crippen LogP contribution in [0.1, 0.15) is 31.0 Å². The second-order valence-corrected chi connectivity index (χ2v) is 5.52. The Balaban J connectivity index is 2.27. The van der Waals surface area contributed by atoms with Crippen molar-refractivity contribution >= 4 is 11.6 Å². The molecule has 0 spiro atoms. The highest BCUT2D eigenvalue weighted by atomic mass is 35.5. The topological polar surface area (TPSA) is 44.5 Å². The maximum atomic E-state index is 6.32. The fourth-order valence-electron chi connectivity index (χ4n) is 2.12. The highest BCUT2D eigenvalue weighted by molar-refractivity contribution is 6.32. The van der Waals surface area contributed by atoms with E-state index in [0.29, 0.717) is 10.8 Å². The largest absolute Gasteiger partial charge is 0.495 e. The van der Waals surface area contributed by atoms with E-state index in [0.717, 1.165) is 16.9 Å². The summed E-state index contributed by atoms with van der Waals surface area (Å²) in [5, 5.41) is 0.556. The molecule has 4 heteroatoms. The molecule has 1 atom stereocenters. The van der Waals surface area contributed by atoms with Crippen LogP contribution in [0.15, 0.2) is 42.5 Å². The summed E-state index contributed by atoms with van der Waals surface area (Å²) in [5.41, 5.74) is 8.24. The van der Waals surface area contributed by atoms with Gasteiger partial charge >= 0.3 is 0 Å². The van der Waals surface area contributed by atoms with Crippen LogP contribution in [-0.4, -0.2) is 13.2 Å². The van der Waals surface area contributed by atoms with Crippen LogP contribution in [-0.2, 0) is 0 Å². The molecule has 0 heterocycles. The Labute approximate surface area is 130 Å². The van der Waals surface area contributed by atoms with Gasteiger partial charge in [0.05, 0.1) is 24.3 Å². The van der Waals surface area contributed by atoms with E-state index in [1.54, 1.807) is 7.11 Å². The molecule has 2 aromatic carbocycles. The quantitative estimate of drug-likeness (QED) is 0.901. The minimum atomic E-state index is -0.260. The number of ether oxygens (including phenoxy) is 2. The van der Waals surface area contributed by atoms with E-state index in [2.05, 4.69) is 0 Å². The second-order valence-electron chi connectivity index (χ2n) is 5.11. The zero-order valence-corrected chi connectivity index (χ0v) is 13.2. The first-order valence-electron chi connectivity index (χ1n) is 6.87. The highest BCUT2D eigenvalue weighted by Gasteiger charge is 2.12. The van der Waals surface area contributed by atoms with Gasteiger partial charge in [0, 0.05) is 0 Å². The summed E-state index contributed by atoms with van der Waals surface area (Å²) in [4.78, 5) is 0. The number of hydrogen-bond acceptors (Lipinski definition) is 3. The monoisotopic (exact) mass is 305 g/mol. The highest BCUT2D eigenvalue weighted by Crippen LogP contribution is 2.30. The van der Waals surface area contributed by atoms with Crippen molar-refractivity contribution in [3.8, 4) is 11.5 Å². The third-order valence-corrected chi connectivity index (χ3v) is 3.42. The smallest absolute Gasteiger partial charge is 0.137 e. The van der Waals surface area contributed by atoms with Gasteiger partial charge < -0.3 is 15.2 Å². The molecule has 21 heavy (non-hydrogen) atoms. The summed E-state index contributed by atoms with van der Waals surface area (Å²) in [7, 11) is 1.59. The molecule has 0 radical (unpaired) electrons. The third-order valence-electron chi connectivity index (χ3n) is 3.12. The fraction of sp³-hybridized carbons (Fsp3) is 0.294. The van der Waals surface area contributed by atoms with Crippen molar-refractivity contribution in [3.05, 3.63) is 58.6 Å². The number of hydrogen-bond donors (Lipinski definition) is 1. The molecule has 0 fully saturated rings. The van der Waals surface area contributed by atoms with Crippen LogP contribution in [0.4, 0.5) is 0 Å². The van der Waals surface area contributed by atoms with Crippen LogP contribution < -0.4 is 15.2 Å². The number of nitrogens with two attached hydrogens (primary N) is 1. The SMILES string of the molecule is COc1ccc(C(N)c2cccc(OC(C)C)c2)cc1Cl. The van der Waals surface area contributed by atoms with Crippen LogP contribution in [0.25, 0.3) is 0 Å². The summed E-state index contributed by atoms with van der Waals surface area (Å²) in [6.45, 7) is 3.99. The van der Waals surface area contributed by atoms with Gasteiger partial charge in [-0.05, 0) is 49.2 Å². The molecule has 2 rings (SSSR count). The normalized spacial score (nSPS) is 12.3. The molecular formula is C17H20ClNO2. The Morgan fingerprint density at radius 2 is 1.76 bits per heavy atom. The Morgan fingerprint density at radius 3 is 2.38 bits per heavy atom. The van der Waals surface area contributed by atoms with E-state index < -0.39 is 0 Å². The van der Waals surface area contributed by atoms with Gasteiger partial charge in [-0.25, -0.2) is 0 Å². The van der Waals surface area contributed by atoms with Gasteiger partial charge in [0.25, 0.3) is 0 Å². The van der Waals surface area contributed by atoms with Gasteiger partial charge in [-0.1, -0.05) is 29.8 Å². The van der Waals surface area contributed by atoms with Crippen molar-refractivity contribution in [1.29, 1.82) is 0 Å². The van der Waals surface area contributed by atoms with Crippen molar-refractivity contribution in [2.75, 3.05) is 7.11 Å². The minimum absolute atomic E-state index is 0.131. The standard InChI is InChI=1S/C17H20ClNO2/c1-11(2)21-14-6-4-5-12(9-14)17(19)13-7-8-16(20-3)15(18)10-13/h4-11,17H,19H2,1-3H3. The first kappa shape index (κ1) is 15.7. The molecule has 0 saturated heterocycles. The molecule has 0 aliphatic heterocycles. The lowest BCUT2D eigenvalue weighted by Gasteiger charge is -2.16. The van der Waals surface area contributed by atoms with Gasteiger partial charge in [-0.2, -0.15) is 0 Å². The molecule has 0 bridgehead atoms. The predicted octanol–water partition coefficient (Wildman–Crippen LogP) is 4.18. The van der Waals surface area contributed by atoms with Gasteiger partial charge in [-0.3, -0.25) is 0 Å². The first-order valence-corrected chi connectivity index (χ1v) is 7.24. The second kappa shape index (κ2) is 6.83. The summed E-state index contributed by atoms with van der Waals surface area (Å²) in [6, 6.07) is 13.1. The van der Waals surface area contributed by atoms with Crippen molar-refractivity contribution in [2.24, 2.45) is 5.73 Å². The average Bonchev–Trinajstić information content (AvgIpc) is 2.46. The predicted molar refractivity (Wildman–Crippen MR) is 86.2 cm³/mol. The van der Waals surface area contributed by atoms with E-state index in [-0.39, 0.29) is 12.1 Å². The average molecular weight is 306 g/mol. The third kappa shape index (κ3) is 3.90. The van der Waals surface area contributed by atoms with Gasteiger partial charge in [-0.15, -0.1) is 0 Å². The van der Waals surface area contributed by atoms with Gasteiger partial charge in [0.1, 0.15) is 11.5 Å². The van der Waals surface area contributed by atoms with E-state index in [9.17, 15) is 0 Å². The van der Waals surface area contributed by atoms with E-state index in [1.807, 2.05) is 56.3 Å². The fourth-order valence-corrected chi connectivity index (χ4v) is 2.39. The number of halogens is 1. The van der Waals surface area contributed by atoms with Crippen LogP contribution in [0, 0.1) is 0 Å². The Morgan fingerprint density at radius 1 is 1.05 bits per heavy atom. The van der Waals surface area contributed by atoms with Gasteiger partial charge in [0.15, 0.2) is 0 Å². The number of benzene rings is 2. The molecule has 1 unspecified atom stereocenters. The maximum absolute atomic E-state index is 6.32. The molecule has 0 saturated carbocycles. The molecule has 3 nitrogen and oxygen atoms in total. The summed E-state index contributed by atoms with van der Waals surface area (Å²) < 4.78 is 10.9. The zero-order chi connectivity index (χ0) is 15.4. The summed E-state index contributed by atoms with van der Waals surface area (Å²) in [6.07, 6.45) is 0.131. The minimum Gasteiger partial charge on any atom is -0.495 e. The molecule has 0 aliphatic carbocycles. The van der Waals surface area contributed by atoms with Crippen molar-refractivity contribution in [1.82, 2.24) is 0 Å². The Kier molecular flexibility index (Phi) is 5.10. The molecule has 2 N–H and O–H groups in total. The number of methoxy groups -OCH3 is 1. The van der Waals surface area contributed by atoms with Crippen LogP contribution in [0.2, 0.25) is 5.02 Å². The van der Waals surface area contributed by atoms with E-state index in [4.69, 9.17) is 26.8 Å². The molecule has 0 aliphatic rings. The van der Waals surface area contributed by atoms with Crippen LogP contribution >= 0.6 is 11.6 Å². The number of rotatable bonds is 5. The molecular weight excluding hydrogens is 286 g/mol. The Hall–Kier alpha value is -1.71. The van der Waals surface area contributed by atoms with Crippen molar-refractivity contribution in [3.63, 3.8) is 0 Å². The Bertz CT molecular complexity index is 613. The van der Waals surface area contributed by atoms with E-state index in [1.165, 1.54) is 0 Å². The van der Waals surface area contributed by atoms with Crippen molar-refractivity contribution < 1.29 is 9.47 Å². The lowest BCUT2D eigenvalue weighted by molar-refractivity contribution is 0.242. The van der Waals surface area contributed by atoms with Crippen molar-refractivity contribution in [2.45, 2.75) is 26.0 Å². The lowest BCUT2D eigenvalue weighted by atomic mass is 9.99. The molecule has 0 aromatic heterocycles. The van der Waals surface area contributed by atoms with Crippen LogP contribution in [0.3, 0.4) is 0 Å². The maximum Gasteiger partial charge on any atom is 0.137 e. The molecule has 112 valence electrons. The summed E-state index contributed by atoms with van der Waals surface area (Å²) in [5.74, 6) is 1.46. The first-order chi connectivity index (χ1) is 10.0. The molecule has 2 aromatic rings. The van der Waals surface area contributed by atoms with Gasteiger partial charge in [0.2, 0.25) is 0 Å². The lowest BCUT2D eigenvalue weighted by Crippen LogP contribution is -2.12.